The molecule has 84 valence electrons. The molecule has 3 nitrogen and oxygen atoms in total. The molecule has 0 aromatic carbocycles. The zero-order chi connectivity index (χ0) is 9.80. The van der Waals surface area contributed by atoms with Gasteiger partial charge in [-0.05, 0) is 37.6 Å². The molecule has 2 heterocycles. The molecule has 0 bridgehead atoms. The van der Waals surface area contributed by atoms with Gasteiger partial charge in [0.25, 0.3) is 0 Å². The lowest BCUT2D eigenvalue weighted by Crippen LogP contribution is -2.15. The number of hydrogen-bond acceptors (Lipinski definition) is 3. The molecular formula is C10H15ClN2OS. The molecule has 0 saturated carbocycles. The van der Waals surface area contributed by atoms with Crippen LogP contribution in [0, 0.1) is 5.92 Å². The van der Waals surface area contributed by atoms with E-state index in [0.29, 0.717) is 10.9 Å². The van der Waals surface area contributed by atoms with Crippen LogP contribution >= 0.6 is 12.4 Å². The maximum Gasteiger partial charge on any atom is 0.127 e. The van der Waals surface area contributed by atoms with E-state index in [0.717, 1.165) is 25.3 Å². The maximum absolute atomic E-state index is 11.8. The van der Waals surface area contributed by atoms with E-state index in [1.807, 2.05) is 18.2 Å². The second-order valence-corrected chi connectivity index (χ2v) is 4.98. The summed E-state index contributed by atoms with van der Waals surface area (Å²) in [5, 5.41) is 3.98. The van der Waals surface area contributed by atoms with Crippen LogP contribution in [0.1, 0.15) is 6.42 Å². The molecule has 1 saturated heterocycles. The van der Waals surface area contributed by atoms with E-state index in [2.05, 4.69) is 10.3 Å². The summed E-state index contributed by atoms with van der Waals surface area (Å²) in [4.78, 5) is 4.10. The first-order valence-electron chi connectivity index (χ1n) is 4.86. The fourth-order valence-electron chi connectivity index (χ4n) is 1.64. The van der Waals surface area contributed by atoms with Crippen molar-refractivity contribution in [1.82, 2.24) is 10.3 Å². The third-order valence-corrected chi connectivity index (χ3v) is 3.90. The minimum Gasteiger partial charge on any atom is -0.316 e. The summed E-state index contributed by atoms with van der Waals surface area (Å²) in [6, 6.07) is 5.56. The molecule has 1 aliphatic rings. The van der Waals surface area contributed by atoms with E-state index < -0.39 is 10.8 Å². The van der Waals surface area contributed by atoms with Crippen molar-refractivity contribution in [2.75, 3.05) is 18.8 Å². The van der Waals surface area contributed by atoms with Gasteiger partial charge in [0.1, 0.15) is 5.03 Å². The lowest BCUT2D eigenvalue weighted by molar-refractivity contribution is 0.631. The number of rotatable bonds is 3. The zero-order valence-electron chi connectivity index (χ0n) is 8.39. The number of nitrogens with one attached hydrogen (secondary N) is 1. The van der Waals surface area contributed by atoms with Crippen molar-refractivity contribution in [2.45, 2.75) is 11.4 Å². The van der Waals surface area contributed by atoms with Crippen LogP contribution in [0.15, 0.2) is 29.4 Å². The Labute approximate surface area is 98.5 Å². The van der Waals surface area contributed by atoms with Crippen molar-refractivity contribution in [3.05, 3.63) is 24.4 Å². The smallest absolute Gasteiger partial charge is 0.127 e. The van der Waals surface area contributed by atoms with E-state index in [1.165, 1.54) is 0 Å². The van der Waals surface area contributed by atoms with Crippen LogP contribution in [0.2, 0.25) is 0 Å². The van der Waals surface area contributed by atoms with Crippen LogP contribution in [-0.2, 0) is 10.8 Å². The second kappa shape index (κ2) is 6.20. The second-order valence-electron chi connectivity index (χ2n) is 3.54. The molecule has 0 amide bonds. The predicted molar refractivity (Wildman–Crippen MR) is 63.7 cm³/mol. The maximum atomic E-state index is 11.8. The highest BCUT2D eigenvalue weighted by atomic mass is 35.5. The van der Waals surface area contributed by atoms with Gasteiger partial charge in [-0.15, -0.1) is 12.4 Å². The minimum absolute atomic E-state index is 0. The van der Waals surface area contributed by atoms with Gasteiger partial charge in [0.05, 0.1) is 10.8 Å². The summed E-state index contributed by atoms with van der Waals surface area (Å²) in [6.07, 6.45) is 2.83. The van der Waals surface area contributed by atoms with Crippen LogP contribution in [0.25, 0.3) is 0 Å². The summed E-state index contributed by atoms with van der Waals surface area (Å²) in [5.74, 6) is 1.29. The Morgan fingerprint density at radius 2 is 2.40 bits per heavy atom. The lowest BCUT2D eigenvalue weighted by Gasteiger charge is -2.06. The normalized spacial score (nSPS) is 22.0. The van der Waals surface area contributed by atoms with E-state index >= 15 is 0 Å². The molecule has 2 rings (SSSR count). The third kappa shape index (κ3) is 3.55. The fourth-order valence-corrected chi connectivity index (χ4v) is 2.93. The van der Waals surface area contributed by atoms with Crippen molar-refractivity contribution in [3.63, 3.8) is 0 Å². The molecule has 1 N–H and O–H groups in total. The summed E-state index contributed by atoms with van der Waals surface area (Å²) in [5.41, 5.74) is 0. The van der Waals surface area contributed by atoms with Gasteiger partial charge in [-0.2, -0.15) is 0 Å². The minimum atomic E-state index is -0.924. The molecule has 2 unspecified atom stereocenters. The lowest BCUT2D eigenvalue weighted by atomic mass is 10.2. The quantitative estimate of drug-likeness (QED) is 0.872. The van der Waals surface area contributed by atoms with Gasteiger partial charge < -0.3 is 5.32 Å². The van der Waals surface area contributed by atoms with Crippen LogP contribution in [0.4, 0.5) is 0 Å². The summed E-state index contributed by atoms with van der Waals surface area (Å²) in [6.45, 7) is 2.06. The molecule has 1 fully saturated rings. The highest BCUT2D eigenvalue weighted by Gasteiger charge is 2.18. The Morgan fingerprint density at radius 3 is 3.00 bits per heavy atom. The van der Waals surface area contributed by atoms with Crippen molar-refractivity contribution in [2.24, 2.45) is 5.92 Å². The topological polar surface area (TPSA) is 42.0 Å². The molecule has 0 spiro atoms. The Balaban J connectivity index is 0.00000112. The average molecular weight is 247 g/mol. The predicted octanol–water partition coefficient (Wildman–Crippen LogP) is 1.22. The first-order chi connectivity index (χ1) is 6.86. The number of aromatic nitrogens is 1. The highest BCUT2D eigenvalue weighted by Crippen LogP contribution is 2.12. The molecule has 2 atom stereocenters. The number of halogens is 1. The van der Waals surface area contributed by atoms with Gasteiger partial charge in [-0.25, -0.2) is 4.98 Å². The summed E-state index contributed by atoms with van der Waals surface area (Å²) in [7, 11) is -0.924. The standard InChI is InChI=1S/C10H14N2OS.ClH/c13-14(8-9-4-6-11-7-9)10-3-1-2-5-12-10;/h1-3,5,9,11H,4,6-8H2;1H. The van der Waals surface area contributed by atoms with Crippen LogP contribution < -0.4 is 5.32 Å². The van der Waals surface area contributed by atoms with Crippen molar-refractivity contribution < 1.29 is 4.21 Å². The highest BCUT2D eigenvalue weighted by molar-refractivity contribution is 7.84. The molecule has 0 aliphatic carbocycles. The Morgan fingerprint density at radius 1 is 1.53 bits per heavy atom. The van der Waals surface area contributed by atoms with Crippen LogP contribution in [-0.4, -0.2) is 28.0 Å². The largest absolute Gasteiger partial charge is 0.316 e. The number of pyridine rings is 1. The van der Waals surface area contributed by atoms with E-state index in [4.69, 9.17) is 0 Å². The summed E-state index contributed by atoms with van der Waals surface area (Å²) < 4.78 is 11.8. The van der Waals surface area contributed by atoms with Crippen LogP contribution in [0.3, 0.4) is 0 Å². The van der Waals surface area contributed by atoms with Crippen molar-refractivity contribution in [1.29, 1.82) is 0 Å². The third-order valence-electron chi connectivity index (χ3n) is 2.42. The molecule has 5 heteroatoms. The van der Waals surface area contributed by atoms with Gasteiger partial charge in [0.2, 0.25) is 0 Å². The number of hydrogen-bond donors (Lipinski definition) is 1. The molecule has 15 heavy (non-hydrogen) atoms. The van der Waals surface area contributed by atoms with Gasteiger partial charge in [0.15, 0.2) is 0 Å². The first kappa shape index (κ1) is 12.6. The van der Waals surface area contributed by atoms with Gasteiger partial charge in [0, 0.05) is 11.9 Å². The Bertz CT molecular complexity index is 314. The van der Waals surface area contributed by atoms with Gasteiger partial charge >= 0.3 is 0 Å². The monoisotopic (exact) mass is 246 g/mol. The van der Waals surface area contributed by atoms with Gasteiger partial charge in [-0.3, -0.25) is 4.21 Å². The summed E-state index contributed by atoms with van der Waals surface area (Å²) >= 11 is 0. The van der Waals surface area contributed by atoms with Crippen LogP contribution in [0.5, 0.6) is 0 Å². The van der Waals surface area contributed by atoms with Crippen molar-refractivity contribution in [3.8, 4) is 0 Å². The molecule has 1 aliphatic heterocycles. The fraction of sp³-hybridized carbons (Fsp3) is 0.500. The molecule has 1 aromatic rings. The van der Waals surface area contributed by atoms with E-state index in [1.54, 1.807) is 6.20 Å². The Hall–Kier alpha value is -0.450. The zero-order valence-corrected chi connectivity index (χ0v) is 10.0. The van der Waals surface area contributed by atoms with E-state index in [9.17, 15) is 4.21 Å². The molecule has 1 aromatic heterocycles. The van der Waals surface area contributed by atoms with E-state index in [-0.39, 0.29) is 12.4 Å². The first-order valence-corrected chi connectivity index (χ1v) is 6.18. The number of nitrogens with zero attached hydrogens (tertiary/aromatic N) is 1. The average Bonchev–Trinajstić information content (AvgIpc) is 2.72. The van der Waals surface area contributed by atoms with Crippen molar-refractivity contribution >= 4 is 23.2 Å². The Kier molecular flexibility index (Phi) is 5.22. The molecule has 0 radical (unpaired) electrons. The SMILES string of the molecule is Cl.O=S(CC1CCNC1)c1ccccn1. The molecular weight excluding hydrogens is 232 g/mol. The van der Waals surface area contributed by atoms with Gasteiger partial charge in [-0.1, -0.05) is 6.07 Å².